The molecule has 0 fully saturated rings. The Bertz CT molecular complexity index is 746. The summed E-state index contributed by atoms with van der Waals surface area (Å²) in [7, 11) is 0. The van der Waals surface area contributed by atoms with E-state index in [-0.39, 0.29) is 11.9 Å². The van der Waals surface area contributed by atoms with E-state index >= 15 is 0 Å². The molecule has 2 aromatic rings. The molecule has 1 atom stereocenters. The van der Waals surface area contributed by atoms with Gasteiger partial charge < -0.3 is 15.5 Å². The van der Waals surface area contributed by atoms with Gasteiger partial charge in [-0.05, 0) is 30.0 Å². The van der Waals surface area contributed by atoms with Crippen LogP contribution in [0, 0.1) is 0 Å². The van der Waals surface area contributed by atoms with Crippen molar-refractivity contribution in [2.45, 2.75) is 25.8 Å². The molecule has 1 aliphatic heterocycles. The minimum Gasteiger partial charge on any atom is -0.338 e. The van der Waals surface area contributed by atoms with E-state index in [9.17, 15) is 9.59 Å². The maximum Gasteiger partial charge on any atom is 0.315 e. The zero-order chi connectivity index (χ0) is 17.6. The molecule has 5 heteroatoms. The van der Waals surface area contributed by atoms with Gasteiger partial charge in [0.1, 0.15) is 6.04 Å². The third-order valence-electron chi connectivity index (χ3n) is 4.34. The summed E-state index contributed by atoms with van der Waals surface area (Å²) in [6.45, 7) is 3.20. The van der Waals surface area contributed by atoms with Gasteiger partial charge in [0.2, 0.25) is 0 Å². The molecule has 2 N–H and O–H groups in total. The Labute approximate surface area is 148 Å². The number of hydrogen-bond acceptors (Lipinski definition) is 2. The first-order valence-electron chi connectivity index (χ1n) is 8.69. The fourth-order valence-electron chi connectivity index (χ4n) is 3.08. The molecule has 25 heavy (non-hydrogen) atoms. The Morgan fingerprint density at radius 1 is 1.08 bits per heavy atom. The number of benzene rings is 2. The van der Waals surface area contributed by atoms with Gasteiger partial charge in [-0.2, -0.15) is 0 Å². The third-order valence-corrected chi connectivity index (χ3v) is 4.34. The van der Waals surface area contributed by atoms with Gasteiger partial charge in [-0.1, -0.05) is 55.5 Å². The van der Waals surface area contributed by atoms with Crippen LogP contribution in [0.2, 0.25) is 0 Å². The van der Waals surface area contributed by atoms with Gasteiger partial charge in [0.05, 0.1) is 0 Å². The lowest BCUT2D eigenvalue weighted by Gasteiger charge is -2.25. The van der Waals surface area contributed by atoms with E-state index in [1.807, 2.05) is 61.5 Å². The van der Waals surface area contributed by atoms with Crippen LogP contribution in [-0.4, -0.2) is 25.0 Å². The molecule has 0 saturated carbocycles. The lowest BCUT2D eigenvalue weighted by atomic mass is 10.1. The number of nitrogens with one attached hydrogen (secondary N) is 2. The quantitative estimate of drug-likeness (QED) is 0.881. The van der Waals surface area contributed by atoms with Crippen molar-refractivity contribution in [1.82, 2.24) is 10.6 Å². The molecular formula is C20H23N3O2. The number of nitrogens with zero attached hydrogens (tertiary/aromatic N) is 1. The highest BCUT2D eigenvalue weighted by Crippen LogP contribution is 2.30. The number of carbonyl (C=O) groups excluding carboxylic acids is 2. The lowest BCUT2D eigenvalue weighted by molar-refractivity contribution is -0.120. The van der Waals surface area contributed by atoms with Gasteiger partial charge in [-0.15, -0.1) is 0 Å². The maximum absolute atomic E-state index is 13.2. The molecule has 0 aliphatic carbocycles. The number of hydrogen-bond donors (Lipinski definition) is 2. The molecule has 0 radical (unpaired) electrons. The van der Waals surface area contributed by atoms with Crippen LogP contribution in [0.1, 0.15) is 30.5 Å². The summed E-state index contributed by atoms with van der Waals surface area (Å²) in [4.78, 5) is 27.1. The van der Waals surface area contributed by atoms with Crippen LogP contribution >= 0.6 is 0 Å². The standard InChI is InChI=1S/C20H23N3O2/c1-2-13-21-20(25)22-18(16-9-4-3-5-10-16)19(24)23-14-12-15-8-6-7-11-17(15)23/h3-11,18H,2,12-14H2,1H3,(H2,21,22,25). The van der Waals surface area contributed by atoms with E-state index < -0.39 is 6.04 Å². The predicted octanol–water partition coefficient (Wildman–Crippen LogP) is 3.03. The summed E-state index contributed by atoms with van der Waals surface area (Å²) in [6.07, 6.45) is 1.68. The summed E-state index contributed by atoms with van der Waals surface area (Å²) in [6, 6.07) is 16.3. The van der Waals surface area contributed by atoms with E-state index in [0.29, 0.717) is 13.1 Å². The van der Waals surface area contributed by atoms with Gasteiger partial charge in [0.25, 0.3) is 5.91 Å². The molecule has 0 saturated heterocycles. The zero-order valence-corrected chi connectivity index (χ0v) is 14.4. The fourth-order valence-corrected chi connectivity index (χ4v) is 3.08. The Kier molecular flexibility index (Phi) is 5.33. The molecule has 3 amide bonds. The average molecular weight is 337 g/mol. The first kappa shape index (κ1) is 17.0. The Morgan fingerprint density at radius 2 is 1.80 bits per heavy atom. The Morgan fingerprint density at radius 3 is 2.56 bits per heavy atom. The monoisotopic (exact) mass is 337 g/mol. The van der Waals surface area contributed by atoms with Crippen molar-refractivity contribution < 1.29 is 9.59 Å². The second kappa shape index (κ2) is 7.83. The molecule has 5 nitrogen and oxygen atoms in total. The molecule has 0 spiro atoms. The van der Waals surface area contributed by atoms with Crippen LogP contribution in [0.5, 0.6) is 0 Å². The summed E-state index contributed by atoms with van der Waals surface area (Å²) in [5, 5.41) is 5.61. The van der Waals surface area contributed by atoms with Gasteiger partial charge in [0.15, 0.2) is 0 Å². The highest BCUT2D eigenvalue weighted by Gasteiger charge is 2.31. The minimum atomic E-state index is -0.704. The summed E-state index contributed by atoms with van der Waals surface area (Å²) in [5.41, 5.74) is 2.88. The van der Waals surface area contributed by atoms with Crippen LogP contribution < -0.4 is 15.5 Å². The number of anilines is 1. The number of rotatable bonds is 5. The van der Waals surface area contributed by atoms with E-state index in [2.05, 4.69) is 10.6 Å². The number of urea groups is 1. The summed E-state index contributed by atoms with van der Waals surface area (Å²) in [5.74, 6) is -0.109. The van der Waals surface area contributed by atoms with Crippen LogP contribution in [-0.2, 0) is 11.2 Å². The van der Waals surface area contributed by atoms with Crippen molar-refractivity contribution in [2.75, 3.05) is 18.0 Å². The van der Waals surface area contributed by atoms with Crippen LogP contribution in [0.4, 0.5) is 10.5 Å². The second-order valence-electron chi connectivity index (χ2n) is 6.11. The van der Waals surface area contributed by atoms with Gasteiger partial charge in [-0.3, -0.25) is 4.79 Å². The van der Waals surface area contributed by atoms with Crippen LogP contribution in [0.3, 0.4) is 0 Å². The van der Waals surface area contributed by atoms with Crippen molar-refractivity contribution in [2.24, 2.45) is 0 Å². The van der Waals surface area contributed by atoms with Gasteiger partial charge in [0, 0.05) is 18.8 Å². The van der Waals surface area contributed by atoms with E-state index in [0.717, 1.165) is 29.7 Å². The van der Waals surface area contributed by atoms with Crippen molar-refractivity contribution in [3.05, 3.63) is 65.7 Å². The lowest BCUT2D eigenvalue weighted by Crippen LogP contribution is -2.46. The fraction of sp³-hybridized carbons (Fsp3) is 0.300. The van der Waals surface area contributed by atoms with Crippen molar-refractivity contribution in [3.63, 3.8) is 0 Å². The summed E-state index contributed by atoms with van der Waals surface area (Å²) < 4.78 is 0. The second-order valence-corrected chi connectivity index (χ2v) is 6.11. The normalized spacial score (nSPS) is 13.9. The molecule has 130 valence electrons. The van der Waals surface area contributed by atoms with Crippen molar-refractivity contribution in [1.29, 1.82) is 0 Å². The minimum absolute atomic E-state index is 0.109. The maximum atomic E-state index is 13.2. The zero-order valence-electron chi connectivity index (χ0n) is 14.4. The predicted molar refractivity (Wildman–Crippen MR) is 98.5 cm³/mol. The molecule has 0 bridgehead atoms. The van der Waals surface area contributed by atoms with Gasteiger partial charge >= 0.3 is 6.03 Å². The molecular weight excluding hydrogens is 314 g/mol. The topological polar surface area (TPSA) is 61.4 Å². The summed E-state index contributed by atoms with van der Waals surface area (Å²) >= 11 is 0. The molecule has 1 unspecified atom stereocenters. The van der Waals surface area contributed by atoms with E-state index in [1.165, 1.54) is 0 Å². The van der Waals surface area contributed by atoms with Crippen LogP contribution in [0.25, 0.3) is 0 Å². The Hall–Kier alpha value is -2.82. The average Bonchev–Trinajstić information content (AvgIpc) is 3.09. The number of para-hydroxylation sites is 1. The first-order chi connectivity index (χ1) is 12.2. The van der Waals surface area contributed by atoms with E-state index in [1.54, 1.807) is 4.90 Å². The number of fused-ring (bicyclic) bond motifs is 1. The van der Waals surface area contributed by atoms with Gasteiger partial charge in [-0.25, -0.2) is 4.79 Å². The highest BCUT2D eigenvalue weighted by molar-refractivity contribution is 6.01. The molecule has 2 aromatic carbocycles. The highest BCUT2D eigenvalue weighted by atomic mass is 16.2. The Balaban J connectivity index is 1.84. The van der Waals surface area contributed by atoms with Crippen LogP contribution in [0.15, 0.2) is 54.6 Å². The first-order valence-corrected chi connectivity index (χ1v) is 8.69. The van der Waals surface area contributed by atoms with E-state index in [4.69, 9.17) is 0 Å². The van der Waals surface area contributed by atoms with Crippen molar-refractivity contribution in [3.8, 4) is 0 Å². The smallest absolute Gasteiger partial charge is 0.315 e. The number of carbonyl (C=O) groups is 2. The largest absolute Gasteiger partial charge is 0.338 e. The number of amides is 3. The third kappa shape index (κ3) is 3.82. The van der Waals surface area contributed by atoms with Crippen molar-refractivity contribution >= 4 is 17.6 Å². The SMILES string of the molecule is CCCNC(=O)NC(C(=O)N1CCc2ccccc21)c1ccccc1. The molecule has 1 heterocycles. The molecule has 0 aromatic heterocycles. The molecule has 3 rings (SSSR count). The molecule has 1 aliphatic rings.